The van der Waals surface area contributed by atoms with Crippen molar-refractivity contribution in [2.24, 2.45) is 4.99 Å². The zero-order chi connectivity index (χ0) is 17.0. The van der Waals surface area contributed by atoms with Crippen molar-refractivity contribution in [2.75, 3.05) is 20.2 Å². The van der Waals surface area contributed by atoms with Crippen molar-refractivity contribution in [1.82, 2.24) is 20.4 Å². The lowest BCUT2D eigenvalue weighted by Crippen LogP contribution is -2.38. The Balaban J connectivity index is 1.85. The predicted octanol–water partition coefficient (Wildman–Crippen LogP) is 2.17. The molecule has 0 aliphatic carbocycles. The first-order chi connectivity index (χ1) is 11.8. The molecule has 0 saturated carbocycles. The van der Waals surface area contributed by atoms with Gasteiger partial charge in [0.25, 0.3) is 0 Å². The molecule has 0 atom stereocenters. The highest BCUT2D eigenvalue weighted by molar-refractivity contribution is 5.79. The summed E-state index contributed by atoms with van der Waals surface area (Å²) in [6.45, 7) is 5.90. The van der Waals surface area contributed by atoms with Crippen LogP contribution in [0.4, 0.5) is 0 Å². The van der Waals surface area contributed by atoms with E-state index in [2.05, 4.69) is 39.8 Å². The van der Waals surface area contributed by atoms with Crippen LogP contribution in [0.25, 0.3) is 0 Å². The number of nitrogens with one attached hydrogen (secondary N) is 2. The van der Waals surface area contributed by atoms with Crippen LogP contribution < -0.4 is 10.6 Å². The number of aryl methyl sites for hydroxylation is 1. The third-order valence-corrected chi connectivity index (χ3v) is 3.59. The zero-order valence-corrected chi connectivity index (χ0v) is 14.5. The SMILES string of the molecule is CCNC(=NCc1ccccc1COC)NCCCn1cccn1. The molecule has 0 fully saturated rings. The van der Waals surface area contributed by atoms with E-state index in [0.717, 1.165) is 32.0 Å². The summed E-state index contributed by atoms with van der Waals surface area (Å²) in [5, 5.41) is 10.9. The number of guanidine groups is 1. The fourth-order valence-electron chi connectivity index (χ4n) is 2.39. The molecular formula is C18H27N5O. The van der Waals surface area contributed by atoms with Gasteiger partial charge in [-0.2, -0.15) is 5.10 Å². The summed E-state index contributed by atoms with van der Waals surface area (Å²) in [4.78, 5) is 4.68. The molecule has 1 aromatic heterocycles. The maximum absolute atomic E-state index is 5.25. The van der Waals surface area contributed by atoms with E-state index >= 15 is 0 Å². The third-order valence-electron chi connectivity index (χ3n) is 3.59. The van der Waals surface area contributed by atoms with Gasteiger partial charge in [-0.1, -0.05) is 24.3 Å². The lowest BCUT2D eigenvalue weighted by Gasteiger charge is -2.12. The van der Waals surface area contributed by atoms with Crippen LogP contribution in [0.5, 0.6) is 0 Å². The Kier molecular flexibility index (Phi) is 7.83. The predicted molar refractivity (Wildman–Crippen MR) is 96.8 cm³/mol. The van der Waals surface area contributed by atoms with Gasteiger partial charge in [0.05, 0.1) is 13.2 Å². The average molecular weight is 329 g/mol. The first-order valence-electron chi connectivity index (χ1n) is 8.38. The van der Waals surface area contributed by atoms with Crippen LogP contribution >= 0.6 is 0 Å². The summed E-state index contributed by atoms with van der Waals surface area (Å²) in [6, 6.07) is 10.2. The number of methoxy groups -OCH3 is 1. The van der Waals surface area contributed by atoms with Crippen molar-refractivity contribution in [2.45, 2.75) is 33.0 Å². The second kappa shape index (κ2) is 10.4. The van der Waals surface area contributed by atoms with Gasteiger partial charge in [0.1, 0.15) is 0 Å². The first-order valence-corrected chi connectivity index (χ1v) is 8.38. The van der Waals surface area contributed by atoms with Gasteiger partial charge in [0, 0.05) is 39.1 Å². The van der Waals surface area contributed by atoms with Gasteiger partial charge in [0.15, 0.2) is 5.96 Å². The van der Waals surface area contributed by atoms with Crippen molar-refractivity contribution < 1.29 is 4.74 Å². The van der Waals surface area contributed by atoms with Crippen molar-refractivity contribution in [1.29, 1.82) is 0 Å². The molecule has 0 saturated heterocycles. The van der Waals surface area contributed by atoms with E-state index in [1.54, 1.807) is 13.3 Å². The van der Waals surface area contributed by atoms with Crippen molar-refractivity contribution in [3.05, 3.63) is 53.9 Å². The Morgan fingerprint density at radius 3 is 2.75 bits per heavy atom. The number of hydrogen-bond acceptors (Lipinski definition) is 3. The summed E-state index contributed by atoms with van der Waals surface area (Å²) < 4.78 is 7.19. The average Bonchev–Trinajstić information content (AvgIpc) is 3.11. The normalized spacial score (nSPS) is 11.5. The molecule has 0 radical (unpaired) electrons. The minimum atomic E-state index is 0.611. The largest absolute Gasteiger partial charge is 0.380 e. The van der Waals surface area contributed by atoms with E-state index in [-0.39, 0.29) is 0 Å². The molecule has 0 unspecified atom stereocenters. The maximum atomic E-state index is 5.25. The summed E-state index contributed by atoms with van der Waals surface area (Å²) in [5.74, 6) is 0.838. The Bertz CT molecular complexity index is 610. The second-order valence-electron chi connectivity index (χ2n) is 5.45. The van der Waals surface area contributed by atoms with E-state index in [4.69, 9.17) is 4.74 Å². The van der Waals surface area contributed by atoms with Gasteiger partial charge in [0.2, 0.25) is 0 Å². The Hall–Kier alpha value is -2.34. The molecule has 0 spiro atoms. The molecule has 0 aliphatic heterocycles. The molecule has 2 N–H and O–H groups in total. The van der Waals surface area contributed by atoms with Crippen LogP contribution in [0.3, 0.4) is 0 Å². The molecule has 130 valence electrons. The Morgan fingerprint density at radius 1 is 1.21 bits per heavy atom. The van der Waals surface area contributed by atoms with Crippen LogP contribution in [0.2, 0.25) is 0 Å². The molecule has 2 rings (SSSR count). The van der Waals surface area contributed by atoms with Gasteiger partial charge < -0.3 is 15.4 Å². The van der Waals surface area contributed by atoms with Gasteiger partial charge in [-0.3, -0.25) is 4.68 Å². The van der Waals surface area contributed by atoms with Gasteiger partial charge in [-0.25, -0.2) is 4.99 Å². The Morgan fingerprint density at radius 2 is 2.04 bits per heavy atom. The van der Waals surface area contributed by atoms with E-state index in [9.17, 15) is 0 Å². The quantitative estimate of drug-likeness (QED) is 0.420. The number of aliphatic imine (C=N–C) groups is 1. The molecule has 1 heterocycles. The smallest absolute Gasteiger partial charge is 0.191 e. The third kappa shape index (κ3) is 6.04. The van der Waals surface area contributed by atoms with Gasteiger partial charge in [-0.05, 0) is 30.5 Å². The van der Waals surface area contributed by atoms with Crippen molar-refractivity contribution in [3.63, 3.8) is 0 Å². The van der Waals surface area contributed by atoms with E-state index < -0.39 is 0 Å². The fourth-order valence-corrected chi connectivity index (χ4v) is 2.39. The number of aromatic nitrogens is 2. The monoisotopic (exact) mass is 329 g/mol. The van der Waals surface area contributed by atoms with Crippen molar-refractivity contribution >= 4 is 5.96 Å². The van der Waals surface area contributed by atoms with Crippen LogP contribution in [0, 0.1) is 0 Å². The lowest BCUT2D eigenvalue weighted by atomic mass is 10.1. The molecule has 1 aromatic carbocycles. The number of ether oxygens (including phenoxy) is 1. The summed E-state index contributed by atoms with van der Waals surface area (Å²) in [5.41, 5.74) is 2.37. The minimum Gasteiger partial charge on any atom is -0.380 e. The standard InChI is InChI=1S/C18H27N5O/c1-3-19-18(20-10-6-12-23-13-7-11-22-23)21-14-16-8-4-5-9-17(16)15-24-2/h4-5,7-9,11,13H,3,6,10,12,14-15H2,1-2H3,(H2,19,20,21). The molecule has 2 aromatic rings. The van der Waals surface area contributed by atoms with Crippen LogP contribution in [0.1, 0.15) is 24.5 Å². The highest BCUT2D eigenvalue weighted by atomic mass is 16.5. The number of rotatable bonds is 9. The second-order valence-corrected chi connectivity index (χ2v) is 5.45. The van der Waals surface area contributed by atoms with Crippen LogP contribution in [-0.2, 0) is 24.4 Å². The topological polar surface area (TPSA) is 63.5 Å². The molecule has 6 nitrogen and oxygen atoms in total. The summed E-state index contributed by atoms with van der Waals surface area (Å²) >= 11 is 0. The molecular weight excluding hydrogens is 302 g/mol. The summed E-state index contributed by atoms with van der Waals surface area (Å²) in [7, 11) is 1.71. The molecule has 0 aliphatic rings. The first kappa shape index (κ1) is 18.0. The Labute approximate surface area is 143 Å². The molecule has 0 bridgehead atoms. The van der Waals surface area contributed by atoms with E-state index in [0.29, 0.717) is 13.2 Å². The van der Waals surface area contributed by atoms with E-state index in [1.165, 1.54) is 11.1 Å². The van der Waals surface area contributed by atoms with E-state index in [1.807, 2.05) is 29.1 Å². The summed E-state index contributed by atoms with van der Waals surface area (Å²) in [6.07, 6.45) is 4.77. The van der Waals surface area contributed by atoms with Crippen molar-refractivity contribution in [3.8, 4) is 0 Å². The molecule has 0 amide bonds. The zero-order valence-electron chi connectivity index (χ0n) is 14.5. The molecule has 24 heavy (non-hydrogen) atoms. The number of benzene rings is 1. The van der Waals surface area contributed by atoms with Gasteiger partial charge >= 0.3 is 0 Å². The minimum absolute atomic E-state index is 0.611. The van der Waals surface area contributed by atoms with Crippen LogP contribution in [0.15, 0.2) is 47.7 Å². The number of hydrogen-bond donors (Lipinski definition) is 2. The highest BCUT2D eigenvalue weighted by Gasteiger charge is 2.02. The molecule has 6 heteroatoms. The van der Waals surface area contributed by atoms with Gasteiger partial charge in [-0.15, -0.1) is 0 Å². The fraction of sp³-hybridized carbons (Fsp3) is 0.444. The lowest BCUT2D eigenvalue weighted by molar-refractivity contribution is 0.184. The maximum Gasteiger partial charge on any atom is 0.191 e. The highest BCUT2D eigenvalue weighted by Crippen LogP contribution is 2.11. The number of nitrogens with zero attached hydrogens (tertiary/aromatic N) is 3. The van der Waals surface area contributed by atoms with Crippen LogP contribution in [-0.4, -0.2) is 35.9 Å².